The van der Waals surface area contributed by atoms with E-state index in [1.165, 1.54) is 43.4 Å². The van der Waals surface area contributed by atoms with Gasteiger partial charge in [0.15, 0.2) is 5.82 Å². The molecule has 8 aromatic carbocycles. The van der Waals surface area contributed by atoms with Gasteiger partial charge in [-0.05, 0) is 78.8 Å². The first-order valence-electron chi connectivity index (χ1n) is 16.6. The Bertz CT molecular complexity index is 2850. The lowest BCUT2D eigenvalue weighted by molar-refractivity contribution is 0.653. The Morgan fingerprint density at radius 3 is 1.49 bits per heavy atom. The molecule has 0 unspecified atom stereocenters. The predicted octanol–water partition coefficient (Wildman–Crippen LogP) is 12.5. The zero-order valence-corrected chi connectivity index (χ0v) is 26.5. The highest BCUT2D eigenvalue weighted by Crippen LogP contribution is 2.39. The molecule has 2 aromatic heterocycles. The monoisotopic (exact) mass is 624 g/mol. The van der Waals surface area contributed by atoms with Gasteiger partial charge in [0.1, 0.15) is 5.58 Å². The summed E-state index contributed by atoms with van der Waals surface area (Å²) in [6.07, 6.45) is 0. The first kappa shape index (κ1) is 27.5. The van der Waals surface area contributed by atoms with Gasteiger partial charge in [0.25, 0.3) is 0 Å². The van der Waals surface area contributed by atoms with Gasteiger partial charge in [-0.3, -0.25) is 0 Å². The van der Waals surface area contributed by atoms with E-state index in [0.29, 0.717) is 11.5 Å². The second-order valence-electron chi connectivity index (χ2n) is 12.6. The number of furan rings is 1. The molecule has 0 N–H and O–H groups in total. The minimum absolute atomic E-state index is 0.592. The Balaban J connectivity index is 1.09. The van der Waals surface area contributed by atoms with Crippen molar-refractivity contribution in [3.8, 4) is 44.9 Å². The molecule has 0 aliphatic heterocycles. The van der Waals surface area contributed by atoms with Gasteiger partial charge >= 0.3 is 0 Å². The summed E-state index contributed by atoms with van der Waals surface area (Å²) in [5, 5.41) is 9.63. The quantitative estimate of drug-likeness (QED) is 0.183. The van der Waals surface area contributed by atoms with Crippen LogP contribution in [0.3, 0.4) is 0 Å². The highest BCUT2D eigenvalue weighted by atomic mass is 16.3. The maximum atomic E-state index is 6.29. The number of benzene rings is 8. The summed E-state index contributed by atoms with van der Waals surface area (Å²) in [7, 11) is 0. The van der Waals surface area contributed by atoms with E-state index in [1.54, 1.807) is 0 Å². The summed E-state index contributed by atoms with van der Waals surface area (Å²) >= 11 is 0. The Kier molecular flexibility index (Phi) is 6.18. The molecular weight excluding hydrogens is 597 g/mol. The summed E-state index contributed by atoms with van der Waals surface area (Å²) in [5.41, 5.74) is 8.84. The molecule has 0 radical (unpaired) electrons. The van der Waals surface area contributed by atoms with Crippen molar-refractivity contribution in [2.45, 2.75) is 0 Å². The molecule has 0 fully saturated rings. The van der Waals surface area contributed by atoms with E-state index in [0.717, 1.165) is 44.3 Å². The molecule has 10 rings (SSSR count). The third kappa shape index (κ3) is 4.51. The van der Waals surface area contributed by atoms with Crippen LogP contribution >= 0.6 is 0 Å². The van der Waals surface area contributed by atoms with E-state index < -0.39 is 0 Å². The van der Waals surface area contributed by atoms with E-state index >= 15 is 0 Å². The average Bonchev–Trinajstić information content (AvgIpc) is 3.57. The Labute approximate surface area is 282 Å². The summed E-state index contributed by atoms with van der Waals surface area (Å²) < 4.78 is 6.29. The van der Waals surface area contributed by atoms with Crippen LogP contribution in [0.4, 0.5) is 0 Å². The molecule has 10 aromatic rings. The number of hydrogen-bond donors (Lipinski definition) is 0. The van der Waals surface area contributed by atoms with Crippen molar-refractivity contribution in [2.75, 3.05) is 0 Å². The van der Waals surface area contributed by atoms with Crippen LogP contribution in [0.15, 0.2) is 174 Å². The molecule has 2 heterocycles. The standard InChI is InChI=1S/C46H28N2O/c1-2-12-29(13-3-1)44-43-40-22-8-9-23-42(40)49-46(43)48-45(47-44)34-17-11-16-32(27-34)30-14-10-15-31(26-30)33-24-25-39-37-20-5-4-18-35(37)36-19-6-7-21-38(36)41(39)28-33/h1-28H. The maximum absolute atomic E-state index is 6.29. The highest BCUT2D eigenvalue weighted by molar-refractivity contribution is 6.25. The van der Waals surface area contributed by atoms with Gasteiger partial charge in [0, 0.05) is 16.5 Å². The van der Waals surface area contributed by atoms with Crippen LogP contribution in [0.1, 0.15) is 0 Å². The molecule has 0 amide bonds. The van der Waals surface area contributed by atoms with Gasteiger partial charge in [0.05, 0.1) is 11.1 Å². The van der Waals surface area contributed by atoms with Crippen molar-refractivity contribution >= 4 is 54.4 Å². The van der Waals surface area contributed by atoms with Crippen LogP contribution in [0.5, 0.6) is 0 Å². The molecule has 0 bridgehead atoms. The smallest absolute Gasteiger partial charge is 0.231 e. The number of para-hydroxylation sites is 1. The van der Waals surface area contributed by atoms with E-state index in [-0.39, 0.29) is 0 Å². The summed E-state index contributed by atoms with van der Waals surface area (Å²) in [6, 6.07) is 60.0. The molecule has 0 saturated heterocycles. The Morgan fingerprint density at radius 1 is 0.327 bits per heavy atom. The van der Waals surface area contributed by atoms with Crippen LogP contribution in [0, 0.1) is 0 Å². The normalized spacial score (nSPS) is 11.7. The first-order chi connectivity index (χ1) is 24.3. The van der Waals surface area contributed by atoms with Crippen molar-refractivity contribution in [1.29, 1.82) is 0 Å². The number of nitrogens with zero attached hydrogens (tertiary/aromatic N) is 2. The summed E-state index contributed by atoms with van der Waals surface area (Å²) in [6.45, 7) is 0. The van der Waals surface area contributed by atoms with Crippen LogP contribution in [-0.4, -0.2) is 9.97 Å². The third-order valence-corrected chi connectivity index (χ3v) is 9.68. The number of rotatable bonds is 4. The van der Waals surface area contributed by atoms with Crippen molar-refractivity contribution < 1.29 is 4.42 Å². The van der Waals surface area contributed by atoms with E-state index in [2.05, 4.69) is 133 Å². The van der Waals surface area contributed by atoms with Crippen LogP contribution in [0.2, 0.25) is 0 Å². The topological polar surface area (TPSA) is 38.9 Å². The van der Waals surface area contributed by atoms with Gasteiger partial charge in [-0.2, -0.15) is 4.98 Å². The van der Waals surface area contributed by atoms with Crippen LogP contribution in [-0.2, 0) is 0 Å². The highest BCUT2D eigenvalue weighted by Gasteiger charge is 2.18. The van der Waals surface area contributed by atoms with Gasteiger partial charge in [-0.1, -0.05) is 146 Å². The fourth-order valence-electron chi connectivity index (χ4n) is 7.36. The molecule has 228 valence electrons. The molecule has 0 spiro atoms. The third-order valence-electron chi connectivity index (χ3n) is 9.68. The first-order valence-corrected chi connectivity index (χ1v) is 16.6. The molecule has 3 heteroatoms. The van der Waals surface area contributed by atoms with E-state index in [9.17, 15) is 0 Å². The summed E-state index contributed by atoms with van der Waals surface area (Å²) in [5.74, 6) is 0.636. The average molecular weight is 625 g/mol. The van der Waals surface area contributed by atoms with Gasteiger partial charge in [-0.15, -0.1) is 0 Å². The summed E-state index contributed by atoms with van der Waals surface area (Å²) in [4.78, 5) is 10.1. The van der Waals surface area contributed by atoms with Crippen LogP contribution < -0.4 is 0 Å². The largest absolute Gasteiger partial charge is 0.438 e. The van der Waals surface area contributed by atoms with E-state index in [4.69, 9.17) is 14.4 Å². The number of hydrogen-bond acceptors (Lipinski definition) is 3. The molecule has 0 saturated carbocycles. The van der Waals surface area contributed by atoms with Gasteiger partial charge in [0.2, 0.25) is 5.71 Å². The Morgan fingerprint density at radius 2 is 0.816 bits per heavy atom. The van der Waals surface area contributed by atoms with Crippen molar-refractivity contribution in [2.24, 2.45) is 0 Å². The predicted molar refractivity (Wildman–Crippen MR) is 204 cm³/mol. The molecule has 0 atom stereocenters. The lowest BCUT2D eigenvalue weighted by Crippen LogP contribution is -1.94. The fraction of sp³-hybridized carbons (Fsp3) is 0. The SMILES string of the molecule is c1ccc(-c2nc(-c3cccc(-c4cccc(-c5ccc6c7ccccc7c7ccccc7c6c5)c4)c3)nc3oc4ccccc4c23)cc1. The minimum atomic E-state index is 0.592. The Hall–Kier alpha value is -6.58. The van der Waals surface area contributed by atoms with Gasteiger partial charge in [-0.25, -0.2) is 4.98 Å². The zero-order valence-electron chi connectivity index (χ0n) is 26.5. The molecular formula is C46H28N2O. The fourth-order valence-corrected chi connectivity index (χ4v) is 7.36. The lowest BCUT2D eigenvalue weighted by Gasteiger charge is -2.13. The van der Waals surface area contributed by atoms with Crippen molar-refractivity contribution in [3.05, 3.63) is 170 Å². The minimum Gasteiger partial charge on any atom is -0.438 e. The second kappa shape index (κ2) is 11.0. The molecule has 49 heavy (non-hydrogen) atoms. The van der Waals surface area contributed by atoms with Crippen LogP contribution in [0.25, 0.3) is 99.3 Å². The zero-order chi connectivity index (χ0) is 32.3. The van der Waals surface area contributed by atoms with E-state index in [1.807, 2.05) is 36.4 Å². The second-order valence-corrected chi connectivity index (χ2v) is 12.6. The van der Waals surface area contributed by atoms with Crippen molar-refractivity contribution in [1.82, 2.24) is 9.97 Å². The lowest BCUT2D eigenvalue weighted by atomic mass is 9.91. The molecule has 0 aliphatic rings. The molecule has 3 nitrogen and oxygen atoms in total. The van der Waals surface area contributed by atoms with Crippen molar-refractivity contribution in [3.63, 3.8) is 0 Å². The number of aromatic nitrogens is 2. The maximum Gasteiger partial charge on any atom is 0.231 e. The van der Waals surface area contributed by atoms with Gasteiger partial charge < -0.3 is 4.42 Å². The number of fused-ring (bicyclic) bond motifs is 9. The molecule has 0 aliphatic carbocycles.